The molecule has 0 bridgehead atoms. The molecule has 0 saturated heterocycles. The number of nitrogens with one attached hydrogen (secondary N) is 1. The first-order valence-electron chi connectivity index (χ1n) is 8.79. The van der Waals surface area contributed by atoms with E-state index in [9.17, 15) is 4.79 Å². The van der Waals surface area contributed by atoms with Gasteiger partial charge in [-0.05, 0) is 38.1 Å². The van der Waals surface area contributed by atoms with Gasteiger partial charge in [-0.25, -0.2) is 4.68 Å². The summed E-state index contributed by atoms with van der Waals surface area (Å²) in [6.45, 7) is 4.28. The van der Waals surface area contributed by atoms with Crippen molar-refractivity contribution in [3.05, 3.63) is 77.1 Å². The number of methoxy groups -OCH3 is 1. The van der Waals surface area contributed by atoms with Crippen LogP contribution in [-0.2, 0) is 12.1 Å². The zero-order valence-electron chi connectivity index (χ0n) is 16.0. The number of ether oxygens (including phenoxy) is 1. The number of nitrogens with zero attached hydrogens (tertiary/aromatic N) is 4. The summed E-state index contributed by atoms with van der Waals surface area (Å²) in [5.74, 6) is 0.505. The molecular formula is C21H21N5O2. The van der Waals surface area contributed by atoms with Gasteiger partial charge in [0.05, 0.1) is 37.0 Å². The lowest BCUT2D eigenvalue weighted by Gasteiger charge is -2.27. The van der Waals surface area contributed by atoms with Gasteiger partial charge in [0.1, 0.15) is 11.4 Å². The molecule has 0 radical (unpaired) electrons. The van der Waals surface area contributed by atoms with Crippen molar-refractivity contribution in [3.63, 3.8) is 0 Å². The molecule has 0 aliphatic rings. The van der Waals surface area contributed by atoms with Crippen molar-refractivity contribution in [3.8, 4) is 11.8 Å². The van der Waals surface area contributed by atoms with Crippen molar-refractivity contribution in [2.45, 2.75) is 25.9 Å². The van der Waals surface area contributed by atoms with E-state index < -0.39 is 5.54 Å². The topological polar surface area (TPSA) is 92.8 Å². The maximum atomic E-state index is 12.3. The Kier molecular flexibility index (Phi) is 5.41. The summed E-state index contributed by atoms with van der Waals surface area (Å²) in [7, 11) is 1.64. The molecule has 142 valence electrons. The monoisotopic (exact) mass is 375 g/mol. The van der Waals surface area contributed by atoms with Crippen LogP contribution in [0.15, 0.2) is 54.7 Å². The fourth-order valence-electron chi connectivity index (χ4n) is 2.93. The van der Waals surface area contributed by atoms with E-state index in [0.29, 0.717) is 16.8 Å². The molecule has 0 aliphatic carbocycles. The smallest absolute Gasteiger partial charge is 0.251 e. The van der Waals surface area contributed by atoms with E-state index in [1.165, 1.54) is 0 Å². The predicted molar refractivity (Wildman–Crippen MR) is 104 cm³/mol. The highest BCUT2D eigenvalue weighted by Gasteiger charge is 2.27. The van der Waals surface area contributed by atoms with Gasteiger partial charge in [0.15, 0.2) is 0 Å². The minimum atomic E-state index is -0.483. The van der Waals surface area contributed by atoms with E-state index >= 15 is 0 Å². The van der Waals surface area contributed by atoms with Gasteiger partial charge in [0.25, 0.3) is 5.91 Å². The Hall–Kier alpha value is -3.66. The SMILES string of the molecule is COc1ccccc1C(C)(C)n1cc(CNC(=O)c2cccc(C#N)c2)nn1. The number of benzene rings is 2. The first kappa shape index (κ1) is 19.1. The lowest BCUT2D eigenvalue weighted by molar-refractivity contribution is 0.0950. The Bertz CT molecular complexity index is 1030. The van der Waals surface area contributed by atoms with Crippen LogP contribution < -0.4 is 10.1 Å². The number of carbonyl (C=O) groups excluding carboxylic acids is 1. The Morgan fingerprint density at radius 3 is 2.79 bits per heavy atom. The first-order chi connectivity index (χ1) is 13.5. The zero-order valence-corrected chi connectivity index (χ0v) is 16.0. The standard InChI is InChI=1S/C21H21N5O2/c1-21(2,18-9-4-5-10-19(18)28-3)26-14-17(24-25-26)13-23-20(27)16-8-6-7-15(11-16)12-22/h4-11,14H,13H2,1-3H3,(H,23,27). The number of rotatable bonds is 6. The van der Waals surface area contributed by atoms with Crippen LogP contribution in [0.1, 0.15) is 41.0 Å². The second kappa shape index (κ2) is 7.92. The lowest BCUT2D eigenvalue weighted by Crippen LogP contribution is -2.29. The molecule has 1 heterocycles. The van der Waals surface area contributed by atoms with Gasteiger partial charge in [-0.3, -0.25) is 4.79 Å². The van der Waals surface area contributed by atoms with Gasteiger partial charge < -0.3 is 10.1 Å². The highest BCUT2D eigenvalue weighted by Crippen LogP contribution is 2.32. The van der Waals surface area contributed by atoms with E-state index in [0.717, 1.165) is 11.3 Å². The van der Waals surface area contributed by atoms with Crippen LogP contribution in [0.3, 0.4) is 0 Å². The molecule has 2 aromatic carbocycles. The largest absolute Gasteiger partial charge is 0.496 e. The van der Waals surface area contributed by atoms with Crippen molar-refractivity contribution >= 4 is 5.91 Å². The number of amides is 1. The number of aromatic nitrogens is 3. The van der Waals surface area contributed by atoms with Crippen LogP contribution >= 0.6 is 0 Å². The van der Waals surface area contributed by atoms with Gasteiger partial charge in [-0.1, -0.05) is 29.5 Å². The van der Waals surface area contributed by atoms with Crippen molar-refractivity contribution in [1.29, 1.82) is 5.26 Å². The van der Waals surface area contributed by atoms with Crippen LogP contribution in [-0.4, -0.2) is 28.0 Å². The highest BCUT2D eigenvalue weighted by molar-refractivity contribution is 5.94. The van der Waals surface area contributed by atoms with Crippen molar-refractivity contribution in [1.82, 2.24) is 20.3 Å². The number of nitriles is 1. The lowest BCUT2D eigenvalue weighted by atomic mass is 9.93. The van der Waals surface area contributed by atoms with Crippen LogP contribution in [0.4, 0.5) is 0 Å². The second-order valence-electron chi connectivity index (χ2n) is 6.79. The number of carbonyl (C=O) groups is 1. The van der Waals surface area contributed by atoms with Crippen molar-refractivity contribution in [2.24, 2.45) is 0 Å². The van der Waals surface area contributed by atoms with Crippen LogP contribution in [0, 0.1) is 11.3 Å². The Morgan fingerprint density at radius 1 is 1.25 bits per heavy atom. The third-order valence-corrected chi connectivity index (χ3v) is 4.56. The van der Waals surface area contributed by atoms with Crippen LogP contribution in [0.2, 0.25) is 0 Å². The average molecular weight is 375 g/mol. The molecule has 0 atom stereocenters. The van der Waals surface area contributed by atoms with Gasteiger partial charge in [-0.2, -0.15) is 5.26 Å². The van der Waals surface area contributed by atoms with Gasteiger partial charge in [-0.15, -0.1) is 5.10 Å². The van der Waals surface area contributed by atoms with E-state index in [-0.39, 0.29) is 12.5 Å². The van der Waals surface area contributed by atoms with Crippen molar-refractivity contribution < 1.29 is 9.53 Å². The number of hydrogen-bond donors (Lipinski definition) is 1. The molecule has 0 aliphatic heterocycles. The highest BCUT2D eigenvalue weighted by atomic mass is 16.5. The van der Waals surface area contributed by atoms with E-state index in [2.05, 4.69) is 15.6 Å². The van der Waals surface area contributed by atoms with Gasteiger partial charge in [0.2, 0.25) is 0 Å². The molecule has 1 aromatic heterocycles. The summed E-state index contributed by atoms with van der Waals surface area (Å²) >= 11 is 0. The van der Waals surface area contributed by atoms with Crippen molar-refractivity contribution in [2.75, 3.05) is 7.11 Å². The van der Waals surface area contributed by atoms with Crippen LogP contribution in [0.5, 0.6) is 5.75 Å². The fourth-order valence-corrected chi connectivity index (χ4v) is 2.93. The molecule has 0 unspecified atom stereocenters. The predicted octanol–water partition coefficient (Wildman–Crippen LogP) is 2.87. The Labute approximate surface area is 163 Å². The average Bonchev–Trinajstić information content (AvgIpc) is 3.22. The Morgan fingerprint density at radius 2 is 2.04 bits per heavy atom. The molecule has 7 nitrogen and oxygen atoms in total. The van der Waals surface area contributed by atoms with E-state index in [1.54, 1.807) is 42.3 Å². The fraction of sp³-hybridized carbons (Fsp3) is 0.238. The zero-order chi connectivity index (χ0) is 20.1. The van der Waals surface area contributed by atoms with E-state index in [4.69, 9.17) is 10.00 Å². The molecular weight excluding hydrogens is 354 g/mol. The third-order valence-electron chi connectivity index (χ3n) is 4.56. The van der Waals surface area contributed by atoms with Crippen LogP contribution in [0.25, 0.3) is 0 Å². The summed E-state index contributed by atoms with van der Waals surface area (Å²) in [6.07, 6.45) is 1.80. The quantitative estimate of drug-likeness (QED) is 0.715. The summed E-state index contributed by atoms with van der Waals surface area (Å²) < 4.78 is 7.22. The normalized spacial score (nSPS) is 10.9. The molecule has 28 heavy (non-hydrogen) atoms. The Balaban J connectivity index is 1.73. The summed E-state index contributed by atoms with van der Waals surface area (Å²) in [5, 5.41) is 20.2. The van der Waals surface area contributed by atoms with Gasteiger partial charge >= 0.3 is 0 Å². The third kappa shape index (κ3) is 3.86. The number of hydrogen-bond acceptors (Lipinski definition) is 5. The second-order valence-corrected chi connectivity index (χ2v) is 6.79. The van der Waals surface area contributed by atoms with E-state index in [1.807, 2.05) is 44.2 Å². The maximum Gasteiger partial charge on any atom is 0.251 e. The molecule has 1 N–H and O–H groups in total. The number of para-hydroxylation sites is 1. The summed E-state index contributed by atoms with van der Waals surface area (Å²) in [5.41, 5.74) is 2.00. The molecule has 0 fully saturated rings. The molecule has 3 rings (SSSR count). The minimum absolute atomic E-state index is 0.234. The first-order valence-corrected chi connectivity index (χ1v) is 8.79. The minimum Gasteiger partial charge on any atom is -0.496 e. The maximum absolute atomic E-state index is 12.3. The van der Waals surface area contributed by atoms with Gasteiger partial charge in [0, 0.05) is 11.1 Å². The summed E-state index contributed by atoms with van der Waals surface area (Å²) in [4.78, 5) is 12.3. The molecule has 0 saturated carbocycles. The summed E-state index contributed by atoms with van der Waals surface area (Å²) in [6, 6.07) is 16.3. The molecule has 1 amide bonds. The molecule has 3 aromatic rings. The molecule has 7 heteroatoms. The molecule has 0 spiro atoms.